The minimum atomic E-state index is -3.99. The first kappa shape index (κ1) is 24.3. The van der Waals surface area contributed by atoms with Gasteiger partial charge in [0.15, 0.2) is 0 Å². The molecule has 0 radical (unpaired) electrons. The van der Waals surface area contributed by atoms with Gasteiger partial charge in [-0.1, -0.05) is 48.0 Å². The molecular weight excluding hydrogens is 468 g/mol. The van der Waals surface area contributed by atoms with Crippen LogP contribution < -0.4 is 9.62 Å². The molecule has 1 amide bonds. The van der Waals surface area contributed by atoms with E-state index in [2.05, 4.69) is 23.5 Å². The minimum Gasteiger partial charge on any atom is -0.348 e. The van der Waals surface area contributed by atoms with Crippen LogP contribution in [0.25, 0.3) is 0 Å². The second-order valence-corrected chi connectivity index (χ2v) is 11.1. The lowest BCUT2D eigenvalue weighted by atomic mass is 9.89. The van der Waals surface area contributed by atoms with Gasteiger partial charge in [0, 0.05) is 5.02 Å². The summed E-state index contributed by atoms with van der Waals surface area (Å²) in [5, 5.41) is 3.43. The summed E-state index contributed by atoms with van der Waals surface area (Å²) in [6.45, 7) is 3.42. The van der Waals surface area contributed by atoms with Crippen LogP contribution in [0.1, 0.15) is 48.1 Å². The first-order chi connectivity index (χ1) is 16.3. The van der Waals surface area contributed by atoms with Crippen LogP contribution in [-0.4, -0.2) is 20.9 Å². The maximum atomic E-state index is 13.6. The van der Waals surface area contributed by atoms with Gasteiger partial charge in [-0.25, -0.2) is 8.42 Å². The van der Waals surface area contributed by atoms with Crippen LogP contribution in [-0.2, 0) is 27.7 Å². The second-order valence-electron chi connectivity index (χ2n) is 8.78. The Hall–Kier alpha value is -2.83. The van der Waals surface area contributed by atoms with Gasteiger partial charge in [0.1, 0.15) is 6.54 Å². The number of hydrogen-bond acceptors (Lipinski definition) is 3. The lowest BCUT2D eigenvalue weighted by Gasteiger charge is -2.26. The molecule has 0 bridgehead atoms. The predicted octanol–water partition coefficient (Wildman–Crippen LogP) is 5.60. The zero-order valence-corrected chi connectivity index (χ0v) is 21.0. The van der Waals surface area contributed by atoms with Crippen molar-refractivity contribution in [2.45, 2.75) is 50.5 Å². The van der Waals surface area contributed by atoms with E-state index in [9.17, 15) is 13.2 Å². The molecule has 0 spiro atoms. The third-order valence-corrected chi connectivity index (χ3v) is 8.35. The van der Waals surface area contributed by atoms with Crippen molar-refractivity contribution >= 4 is 33.2 Å². The molecule has 0 saturated heterocycles. The van der Waals surface area contributed by atoms with Gasteiger partial charge >= 0.3 is 0 Å². The number of rotatable bonds is 7. The molecule has 0 aliphatic heterocycles. The number of carbonyl (C=O) groups is 1. The Morgan fingerprint density at radius 3 is 2.38 bits per heavy atom. The minimum absolute atomic E-state index is 0.0793. The second kappa shape index (κ2) is 10.2. The van der Waals surface area contributed by atoms with E-state index >= 15 is 0 Å². The highest BCUT2D eigenvalue weighted by molar-refractivity contribution is 7.92. The normalized spacial score (nSPS) is 14.2. The number of aryl methyl sites for hydroxylation is 3. The smallest absolute Gasteiger partial charge is 0.264 e. The van der Waals surface area contributed by atoms with Crippen molar-refractivity contribution < 1.29 is 13.2 Å². The van der Waals surface area contributed by atoms with E-state index in [4.69, 9.17) is 11.6 Å². The fourth-order valence-corrected chi connectivity index (χ4v) is 6.01. The Morgan fingerprint density at radius 2 is 1.68 bits per heavy atom. The summed E-state index contributed by atoms with van der Waals surface area (Å²) >= 11 is 5.96. The number of hydrogen-bond donors (Lipinski definition) is 1. The van der Waals surface area contributed by atoms with Gasteiger partial charge in [0.05, 0.1) is 16.6 Å². The number of sulfonamides is 1. The molecule has 5 nitrogen and oxygen atoms in total. The molecule has 7 heteroatoms. The van der Waals surface area contributed by atoms with Gasteiger partial charge in [0.25, 0.3) is 10.0 Å². The maximum Gasteiger partial charge on any atom is 0.264 e. The van der Waals surface area contributed by atoms with Crippen LogP contribution >= 0.6 is 11.6 Å². The van der Waals surface area contributed by atoms with Crippen molar-refractivity contribution in [1.82, 2.24) is 5.32 Å². The van der Waals surface area contributed by atoms with Gasteiger partial charge in [-0.2, -0.15) is 0 Å². The average Bonchev–Trinajstić information content (AvgIpc) is 2.83. The zero-order valence-electron chi connectivity index (χ0n) is 19.4. The van der Waals surface area contributed by atoms with Crippen LogP contribution in [0, 0.1) is 6.92 Å². The SMILES string of the molecule is Cc1ccccc1N(CC(=O)NC(C)c1ccc2c(c1)CCCC2)S(=O)(=O)c1ccc(Cl)cc1. The molecular formula is C27H29ClN2O3S. The van der Waals surface area contributed by atoms with Crippen molar-refractivity contribution in [3.8, 4) is 0 Å². The molecule has 1 N–H and O–H groups in total. The van der Waals surface area contributed by atoms with Crippen molar-refractivity contribution in [3.05, 3.63) is 94.0 Å². The number of para-hydroxylation sites is 1. The fraction of sp³-hybridized carbons (Fsp3) is 0.296. The van der Waals surface area contributed by atoms with Crippen LogP contribution in [0.2, 0.25) is 5.02 Å². The number of amides is 1. The van der Waals surface area contributed by atoms with Gasteiger partial charge in [-0.3, -0.25) is 9.10 Å². The summed E-state index contributed by atoms with van der Waals surface area (Å²) in [6, 6.07) is 19.2. The van der Waals surface area contributed by atoms with E-state index in [0.717, 1.165) is 24.0 Å². The first-order valence-corrected chi connectivity index (χ1v) is 13.3. The Bertz CT molecular complexity index is 1290. The van der Waals surface area contributed by atoms with E-state index in [1.54, 1.807) is 12.1 Å². The van der Waals surface area contributed by atoms with E-state index in [1.165, 1.54) is 52.5 Å². The van der Waals surface area contributed by atoms with Crippen LogP contribution in [0.3, 0.4) is 0 Å². The maximum absolute atomic E-state index is 13.6. The highest BCUT2D eigenvalue weighted by atomic mass is 35.5. The first-order valence-electron chi connectivity index (χ1n) is 11.5. The van der Waals surface area contributed by atoms with E-state index in [-0.39, 0.29) is 23.4 Å². The topological polar surface area (TPSA) is 66.5 Å². The molecule has 178 valence electrons. The summed E-state index contributed by atoms with van der Waals surface area (Å²) in [7, 11) is -3.99. The molecule has 0 heterocycles. The number of nitrogens with one attached hydrogen (secondary N) is 1. The fourth-order valence-electron chi connectivity index (χ4n) is 4.40. The molecule has 0 aromatic heterocycles. The third kappa shape index (κ3) is 5.29. The molecule has 0 fully saturated rings. The van der Waals surface area contributed by atoms with E-state index < -0.39 is 10.0 Å². The highest BCUT2D eigenvalue weighted by Crippen LogP contribution is 2.28. The molecule has 0 saturated carbocycles. The van der Waals surface area contributed by atoms with Gasteiger partial charge in [-0.15, -0.1) is 0 Å². The van der Waals surface area contributed by atoms with Crippen LogP contribution in [0.15, 0.2) is 71.6 Å². The molecule has 1 atom stereocenters. The van der Waals surface area contributed by atoms with E-state index in [1.807, 2.05) is 26.0 Å². The molecule has 3 aromatic rings. The molecule has 4 rings (SSSR count). The Labute approximate surface area is 206 Å². The molecule has 34 heavy (non-hydrogen) atoms. The average molecular weight is 497 g/mol. The van der Waals surface area contributed by atoms with E-state index in [0.29, 0.717) is 10.7 Å². The number of anilines is 1. The van der Waals surface area contributed by atoms with Crippen molar-refractivity contribution in [2.75, 3.05) is 10.8 Å². The largest absolute Gasteiger partial charge is 0.348 e. The standard InChI is InChI=1S/C27H29ClN2O3S/c1-19-7-3-6-10-26(19)30(34(32,33)25-15-13-24(28)14-16-25)18-27(31)29-20(2)22-12-11-21-8-4-5-9-23(21)17-22/h3,6-7,10-17,20H,4-5,8-9,18H2,1-2H3,(H,29,31). The Kier molecular flexibility index (Phi) is 7.29. The summed E-state index contributed by atoms with van der Waals surface area (Å²) in [5.41, 5.74) is 4.98. The van der Waals surface area contributed by atoms with Crippen molar-refractivity contribution in [1.29, 1.82) is 0 Å². The number of benzene rings is 3. The summed E-state index contributed by atoms with van der Waals surface area (Å²) in [5.74, 6) is -0.369. The van der Waals surface area contributed by atoms with Crippen LogP contribution in [0.5, 0.6) is 0 Å². The number of nitrogens with zero attached hydrogens (tertiary/aromatic N) is 1. The van der Waals surface area contributed by atoms with Crippen molar-refractivity contribution in [3.63, 3.8) is 0 Å². The van der Waals surface area contributed by atoms with Gasteiger partial charge in [0.2, 0.25) is 5.91 Å². The molecule has 3 aromatic carbocycles. The number of carbonyl (C=O) groups excluding carboxylic acids is 1. The Balaban J connectivity index is 1.58. The number of halogens is 1. The lowest BCUT2D eigenvalue weighted by Crippen LogP contribution is -2.42. The lowest BCUT2D eigenvalue weighted by molar-refractivity contribution is -0.120. The summed E-state index contributed by atoms with van der Waals surface area (Å²) in [4.78, 5) is 13.2. The van der Waals surface area contributed by atoms with Crippen LogP contribution in [0.4, 0.5) is 5.69 Å². The number of fused-ring (bicyclic) bond motifs is 1. The third-order valence-electron chi connectivity index (χ3n) is 6.32. The molecule has 1 aliphatic carbocycles. The zero-order chi connectivity index (χ0) is 24.3. The monoisotopic (exact) mass is 496 g/mol. The quantitative estimate of drug-likeness (QED) is 0.463. The van der Waals surface area contributed by atoms with Crippen molar-refractivity contribution in [2.24, 2.45) is 0 Å². The highest BCUT2D eigenvalue weighted by Gasteiger charge is 2.28. The molecule has 1 unspecified atom stereocenters. The predicted molar refractivity (Wildman–Crippen MR) is 137 cm³/mol. The summed E-state index contributed by atoms with van der Waals surface area (Å²) < 4.78 is 28.3. The van der Waals surface area contributed by atoms with Gasteiger partial charge < -0.3 is 5.32 Å². The molecule has 1 aliphatic rings. The van der Waals surface area contributed by atoms with Gasteiger partial charge in [-0.05, 0) is 92.1 Å². The summed E-state index contributed by atoms with van der Waals surface area (Å²) in [6.07, 6.45) is 4.56. The Morgan fingerprint density at radius 1 is 1.00 bits per heavy atom.